The van der Waals surface area contributed by atoms with E-state index in [0.29, 0.717) is 24.2 Å². The van der Waals surface area contributed by atoms with Crippen molar-refractivity contribution in [1.82, 2.24) is 4.57 Å². The fourth-order valence-electron chi connectivity index (χ4n) is 4.53. The van der Waals surface area contributed by atoms with E-state index >= 15 is 0 Å². The van der Waals surface area contributed by atoms with Gasteiger partial charge in [0.1, 0.15) is 18.0 Å². The summed E-state index contributed by atoms with van der Waals surface area (Å²) in [4.78, 5) is 37.7. The molecule has 0 spiro atoms. The van der Waals surface area contributed by atoms with Gasteiger partial charge in [-0.1, -0.05) is 31.4 Å². The normalized spacial score (nSPS) is 17.9. The molecule has 7 nitrogen and oxygen atoms in total. The van der Waals surface area contributed by atoms with Crippen LogP contribution in [-0.2, 0) is 38.4 Å². The Kier molecular flexibility index (Phi) is 7.71. The molecule has 0 aromatic carbocycles. The van der Waals surface area contributed by atoms with Crippen LogP contribution in [0.3, 0.4) is 0 Å². The fraction of sp³-hybridized carbons (Fsp3) is 0.609. The van der Waals surface area contributed by atoms with Gasteiger partial charge >= 0.3 is 17.9 Å². The zero-order valence-corrected chi connectivity index (χ0v) is 17.9. The quantitative estimate of drug-likeness (QED) is 0.399. The van der Waals surface area contributed by atoms with Gasteiger partial charge in [0.2, 0.25) is 0 Å². The molecule has 164 valence electrons. The molecule has 0 N–H and O–H groups in total. The van der Waals surface area contributed by atoms with Crippen molar-refractivity contribution in [3.63, 3.8) is 0 Å². The van der Waals surface area contributed by atoms with Gasteiger partial charge in [0.05, 0.1) is 26.7 Å². The van der Waals surface area contributed by atoms with Gasteiger partial charge in [-0.15, -0.1) is 0 Å². The van der Waals surface area contributed by atoms with Crippen LogP contribution in [0.4, 0.5) is 0 Å². The number of ether oxygens (including phenoxy) is 3. The van der Waals surface area contributed by atoms with Crippen LogP contribution in [0.25, 0.3) is 0 Å². The van der Waals surface area contributed by atoms with Gasteiger partial charge < -0.3 is 18.8 Å². The van der Waals surface area contributed by atoms with E-state index in [-0.39, 0.29) is 25.0 Å². The van der Waals surface area contributed by atoms with Crippen LogP contribution in [0.1, 0.15) is 77.0 Å². The minimum Gasteiger partial charge on any atom is -0.464 e. The van der Waals surface area contributed by atoms with Gasteiger partial charge in [-0.3, -0.25) is 4.79 Å². The highest BCUT2D eigenvalue weighted by molar-refractivity contribution is 5.96. The Morgan fingerprint density at radius 3 is 1.93 bits per heavy atom. The fourth-order valence-corrected chi connectivity index (χ4v) is 4.53. The van der Waals surface area contributed by atoms with Crippen LogP contribution < -0.4 is 0 Å². The maximum absolute atomic E-state index is 12.7. The van der Waals surface area contributed by atoms with Crippen molar-refractivity contribution in [1.29, 1.82) is 0 Å². The molecule has 0 amide bonds. The number of allylic oxidation sites excluding steroid dienone is 2. The lowest BCUT2D eigenvalue weighted by molar-refractivity contribution is -0.149. The van der Waals surface area contributed by atoms with E-state index < -0.39 is 11.9 Å². The average molecular weight is 418 g/mol. The molecule has 1 aromatic heterocycles. The second kappa shape index (κ2) is 10.5. The van der Waals surface area contributed by atoms with Crippen LogP contribution in [0.15, 0.2) is 12.2 Å². The summed E-state index contributed by atoms with van der Waals surface area (Å²) in [7, 11) is 2.66. The first-order chi connectivity index (χ1) is 14.6. The summed E-state index contributed by atoms with van der Waals surface area (Å²) in [6.07, 6.45) is 12.0. The van der Waals surface area contributed by atoms with Crippen molar-refractivity contribution in [3.05, 3.63) is 34.7 Å². The SMILES string of the molecule is COC(=O)c1c2c(c(C(=O)OC)n1CCOC(=O)C1CCCCC1)CC/C=C/CC2. The van der Waals surface area contributed by atoms with E-state index in [0.717, 1.165) is 49.7 Å². The number of rotatable bonds is 6. The molecule has 0 atom stereocenters. The molecule has 2 aliphatic carbocycles. The maximum Gasteiger partial charge on any atom is 0.354 e. The molecule has 0 unspecified atom stereocenters. The molecule has 30 heavy (non-hydrogen) atoms. The van der Waals surface area contributed by atoms with Crippen molar-refractivity contribution >= 4 is 17.9 Å². The number of hydrogen-bond acceptors (Lipinski definition) is 6. The molecular weight excluding hydrogens is 386 g/mol. The number of carbonyl (C=O) groups is 3. The van der Waals surface area contributed by atoms with Gasteiger partial charge in [-0.25, -0.2) is 9.59 Å². The Morgan fingerprint density at radius 1 is 0.900 bits per heavy atom. The van der Waals surface area contributed by atoms with Gasteiger partial charge in [0.15, 0.2) is 0 Å². The third-order valence-corrected chi connectivity index (χ3v) is 6.02. The van der Waals surface area contributed by atoms with Crippen LogP contribution in [0.2, 0.25) is 0 Å². The summed E-state index contributed by atoms with van der Waals surface area (Å²) < 4.78 is 17.2. The number of aromatic nitrogens is 1. The highest BCUT2D eigenvalue weighted by atomic mass is 16.5. The minimum absolute atomic E-state index is 0.0464. The highest BCUT2D eigenvalue weighted by Crippen LogP contribution is 2.30. The number of methoxy groups -OCH3 is 2. The number of fused-ring (bicyclic) bond motifs is 1. The molecule has 2 aliphatic rings. The Labute approximate surface area is 177 Å². The van der Waals surface area contributed by atoms with E-state index in [2.05, 4.69) is 12.2 Å². The van der Waals surface area contributed by atoms with Crippen LogP contribution >= 0.6 is 0 Å². The average Bonchev–Trinajstić information content (AvgIpc) is 3.05. The minimum atomic E-state index is -0.496. The molecule has 3 rings (SSSR count). The Bertz CT molecular complexity index is 769. The lowest BCUT2D eigenvalue weighted by atomic mass is 9.89. The van der Waals surface area contributed by atoms with Crippen molar-refractivity contribution in [2.45, 2.75) is 64.3 Å². The van der Waals surface area contributed by atoms with Crippen LogP contribution in [-0.4, -0.2) is 43.3 Å². The third-order valence-electron chi connectivity index (χ3n) is 6.02. The zero-order valence-electron chi connectivity index (χ0n) is 17.9. The molecule has 1 fully saturated rings. The highest BCUT2D eigenvalue weighted by Gasteiger charge is 2.31. The molecule has 0 aliphatic heterocycles. The standard InChI is InChI=1S/C23H31NO6/c1-28-22(26)19-17-12-8-3-4-9-13-18(17)20(23(27)29-2)24(19)14-15-30-21(25)16-10-6-5-7-11-16/h3-4,16H,5-15H2,1-2H3/b4-3+. The van der Waals surface area contributed by atoms with E-state index in [1.807, 2.05) is 0 Å². The predicted molar refractivity (Wildman–Crippen MR) is 110 cm³/mol. The first kappa shape index (κ1) is 22.1. The van der Waals surface area contributed by atoms with E-state index in [9.17, 15) is 14.4 Å². The van der Waals surface area contributed by atoms with E-state index in [4.69, 9.17) is 14.2 Å². The van der Waals surface area contributed by atoms with E-state index in [1.165, 1.54) is 20.6 Å². The summed E-state index contributed by atoms with van der Waals surface area (Å²) >= 11 is 0. The van der Waals surface area contributed by atoms with Crippen molar-refractivity contribution in [3.8, 4) is 0 Å². The van der Waals surface area contributed by atoms with Crippen molar-refractivity contribution < 1.29 is 28.6 Å². The third kappa shape index (κ3) is 4.77. The Hall–Kier alpha value is -2.57. The monoisotopic (exact) mass is 417 g/mol. The summed E-state index contributed by atoms with van der Waals surface area (Å²) in [6.45, 7) is 0.295. The zero-order chi connectivity index (χ0) is 21.5. The lowest BCUT2D eigenvalue weighted by Gasteiger charge is -2.20. The molecule has 1 saturated carbocycles. The van der Waals surface area contributed by atoms with Crippen LogP contribution in [0.5, 0.6) is 0 Å². The van der Waals surface area contributed by atoms with Crippen LogP contribution in [0, 0.1) is 5.92 Å². The summed E-state index contributed by atoms with van der Waals surface area (Å²) in [6, 6.07) is 0. The summed E-state index contributed by atoms with van der Waals surface area (Å²) in [5.74, 6) is -1.23. The second-order valence-corrected chi connectivity index (χ2v) is 7.84. The van der Waals surface area contributed by atoms with Crippen molar-refractivity contribution in [2.75, 3.05) is 20.8 Å². The Balaban J connectivity index is 1.88. The Morgan fingerprint density at radius 2 is 1.43 bits per heavy atom. The smallest absolute Gasteiger partial charge is 0.354 e. The molecule has 7 heteroatoms. The van der Waals surface area contributed by atoms with Gasteiger partial charge in [0.25, 0.3) is 0 Å². The molecule has 0 saturated heterocycles. The lowest BCUT2D eigenvalue weighted by Crippen LogP contribution is -2.24. The number of nitrogens with zero attached hydrogens (tertiary/aromatic N) is 1. The van der Waals surface area contributed by atoms with Gasteiger partial charge in [0, 0.05) is 0 Å². The van der Waals surface area contributed by atoms with E-state index in [1.54, 1.807) is 4.57 Å². The molecule has 1 aromatic rings. The number of esters is 3. The van der Waals surface area contributed by atoms with Gasteiger partial charge in [-0.2, -0.15) is 0 Å². The number of hydrogen-bond donors (Lipinski definition) is 0. The van der Waals surface area contributed by atoms with Gasteiger partial charge in [-0.05, 0) is 49.7 Å². The largest absolute Gasteiger partial charge is 0.464 e. The molecular formula is C23H31NO6. The van der Waals surface area contributed by atoms with Crippen molar-refractivity contribution in [2.24, 2.45) is 5.92 Å². The molecule has 0 radical (unpaired) electrons. The number of carbonyl (C=O) groups excluding carboxylic acids is 3. The summed E-state index contributed by atoms with van der Waals surface area (Å²) in [5, 5.41) is 0. The second-order valence-electron chi connectivity index (χ2n) is 7.84. The molecule has 1 heterocycles. The molecule has 0 bridgehead atoms. The summed E-state index contributed by atoms with van der Waals surface area (Å²) in [5.41, 5.74) is 2.37. The maximum atomic E-state index is 12.7. The topological polar surface area (TPSA) is 83.8 Å². The first-order valence-corrected chi connectivity index (χ1v) is 10.8. The first-order valence-electron chi connectivity index (χ1n) is 10.8. The predicted octanol–water partition coefficient (Wildman–Crippen LogP) is 3.62.